The number of aromatic nitrogens is 2. The number of anilines is 1. The predicted octanol–water partition coefficient (Wildman–Crippen LogP) is 3.05. The summed E-state index contributed by atoms with van der Waals surface area (Å²) in [6, 6.07) is 9.03. The molecular weight excluding hydrogens is 534 g/mol. The van der Waals surface area contributed by atoms with Crippen molar-refractivity contribution in [1.82, 2.24) is 25.3 Å². The number of guanidine groups is 1. The zero-order chi connectivity index (χ0) is 23.1. The van der Waals surface area contributed by atoms with Crippen LogP contribution in [-0.2, 0) is 6.42 Å². The number of benzene rings is 1. The van der Waals surface area contributed by atoms with Gasteiger partial charge in [0.05, 0.1) is 11.4 Å². The number of aliphatic imine (C=N–C) groups is 1. The molecule has 8 nitrogen and oxygen atoms in total. The van der Waals surface area contributed by atoms with Gasteiger partial charge in [-0.25, -0.2) is 9.07 Å². The molecule has 180 valence electrons. The van der Waals surface area contributed by atoms with E-state index < -0.39 is 0 Å². The van der Waals surface area contributed by atoms with E-state index >= 15 is 0 Å². The molecule has 0 atom stereocenters. The van der Waals surface area contributed by atoms with Gasteiger partial charge >= 0.3 is 0 Å². The average molecular weight is 568 g/mol. The molecule has 0 saturated carbocycles. The van der Waals surface area contributed by atoms with E-state index in [9.17, 15) is 9.65 Å². The third kappa shape index (κ3) is 7.04. The number of aryl methyl sites for hydroxylation is 1. The highest BCUT2D eigenvalue weighted by Crippen LogP contribution is 2.21. The van der Waals surface area contributed by atoms with Gasteiger partial charge in [-0.05, 0) is 63.8 Å². The van der Waals surface area contributed by atoms with Crippen LogP contribution >= 0.6 is 24.0 Å². The first-order valence-electron chi connectivity index (χ1n) is 11.2. The molecule has 1 aromatic carbocycles. The third-order valence-electron chi connectivity index (χ3n) is 5.88. The molecule has 10 heteroatoms. The van der Waals surface area contributed by atoms with Crippen molar-refractivity contribution in [2.75, 3.05) is 32.4 Å². The third-order valence-corrected chi connectivity index (χ3v) is 5.88. The number of nitrogen functional groups attached to an aromatic ring is 1. The van der Waals surface area contributed by atoms with Crippen molar-refractivity contribution >= 4 is 35.8 Å². The number of nitrogens with two attached hydrogens (primary N) is 1. The number of rotatable bonds is 7. The first kappa shape index (κ1) is 26.9. The summed E-state index contributed by atoms with van der Waals surface area (Å²) < 4.78 is 14.7. The summed E-state index contributed by atoms with van der Waals surface area (Å²) >= 11 is 0. The number of nitriles is 1. The summed E-state index contributed by atoms with van der Waals surface area (Å²) in [5.74, 6) is 0.732. The fourth-order valence-electron chi connectivity index (χ4n) is 3.97. The maximum absolute atomic E-state index is 13.2. The van der Waals surface area contributed by atoms with Gasteiger partial charge in [0.2, 0.25) is 0 Å². The minimum atomic E-state index is -0.334. The monoisotopic (exact) mass is 568 g/mol. The van der Waals surface area contributed by atoms with Crippen molar-refractivity contribution in [3.8, 4) is 11.8 Å². The van der Waals surface area contributed by atoms with Crippen molar-refractivity contribution in [2.24, 2.45) is 4.99 Å². The van der Waals surface area contributed by atoms with Crippen LogP contribution < -0.4 is 16.4 Å². The van der Waals surface area contributed by atoms with Crippen LogP contribution in [-0.4, -0.2) is 59.4 Å². The Labute approximate surface area is 212 Å². The fraction of sp³-hybridized carbons (Fsp3) is 0.522. The van der Waals surface area contributed by atoms with Gasteiger partial charge in [0.1, 0.15) is 23.3 Å². The molecule has 3 rings (SSSR count). The van der Waals surface area contributed by atoms with Gasteiger partial charge in [0, 0.05) is 38.8 Å². The normalized spacial score (nSPS) is 15.2. The lowest BCUT2D eigenvalue weighted by Gasteiger charge is -2.35. The van der Waals surface area contributed by atoms with Crippen LogP contribution in [0.4, 0.5) is 10.2 Å². The Morgan fingerprint density at radius 1 is 1.30 bits per heavy atom. The molecule has 1 aliphatic heterocycles. The van der Waals surface area contributed by atoms with Gasteiger partial charge in [0.25, 0.3) is 0 Å². The molecule has 0 bridgehead atoms. The Hall–Kier alpha value is -2.39. The van der Waals surface area contributed by atoms with Crippen LogP contribution in [0.25, 0.3) is 5.69 Å². The minimum Gasteiger partial charge on any atom is -0.382 e. The molecule has 0 aliphatic carbocycles. The summed E-state index contributed by atoms with van der Waals surface area (Å²) in [7, 11) is 1.78. The van der Waals surface area contributed by atoms with Gasteiger partial charge in [0.15, 0.2) is 5.96 Å². The number of hydrogen-bond donors (Lipinski definition) is 3. The first-order chi connectivity index (χ1) is 15.4. The zero-order valence-corrected chi connectivity index (χ0v) is 21.8. The van der Waals surface area contributed by atoms with Crippen LogP contribution in [0.1, 0.15) is 44.4 Å². The molecule has 1 aromatic heterocycles. The number of halogens is 2. The molecule has 33 heavy (non-hydrogen) atoms. The van der Waals surface area contributed by atoms with E-state index in [0.29, 0.717) is 42.0 Å². The highest BCUT2D eigenvalue weighted by Gasteiger charge is 2.21. The number of nitrogens with one attached hydrogen (secondary N) is 2. The van der Waals surface area contributed by atoms with Gasteiger partial charge in [-0.2, -0.15) is 10.4 Å². The van der Waals surface area contributed by atoms with Gasteiger partial charge < -0.3 is 21.3 Å². The lowest BCUT2D eigenvalue weighted by molar-refractivity contribution is 0.167. The molecule has 1 saturated heterocycles. The maximum Gasteiger partial charge on any atom is 0.191 e. The van der Waals surface area contributed by atoms with Crippen molar-refractivity contribution in [2.45, 2.75) is 51.6 Å². The SMILES string of the molecule is CN=C(NCCCc1nn(-c2ccc(F)cc2)c(N)c1C#N)NC1CCN(C(C)C)CC1.I. The molecule has 4 N–H and O–H groups in total. The Balaban J connectivity index is 0.00000385. The van der Waals surface area contributed by atoms with Crippen molar-refractivity contribution < 1.29 is 4.39 Å². The number of likely N-dealkylation sites (tertiary alicyclic amines) is 1. The van der Waals surface area contributed by atoms with Crippen LogP contribution in [0, 0.1) is 17.1 Å². The molecule has 2 aromatic rings. The second-order valence-corrected chi connectivity index (χ2v) is 8.36. The number of nitrogens with zero attached hydrogens (tertiary/aromatic N) is 5. The van der Waals surface area contributed by atoms with Gasteiger partial charge in [-0.3, -0.25) is 4.99 Å². The second kappa shape index (κ2) is 12.7. The summed E-state index contributed by atoms with van der Waals surface area (Å²) in [6.45, 7) is 7.37. The highest BCUT2D eigenvalue weighted by molar-refractivity contribution is 14.0. The van der Waals surface area contributed by atoms with Gasteiger partial charge in [-0.15, -0.1) is 24.0 Å². The number of hydrogen-bond acceptors (Lipinski definition) is 5. The summed E-state index contributed by atoms with van der Waals surface area (Å²) in [5, 5.41) is 20.9. The van der Waals surface area contributed by atoms with E-state index in [1.54, 1.807) is 19.2 Å². The van der Waals surface area contributed by atoms with Crippen LogP contribution in [0.15, 0.2) is 29.3 Å². The van der Waals surface area contributed by atoms with E-state index in [0.717, 1.165) is 38.3 Å². The van der Waals surface area contributed by atoms with E-state index in [1.165, 1.54) is 16.8 Å². The Morgan fingerprint density at radius 3 is 2.55 bits per heavy atom. The molecule has 1 fully saturated rings. The maximum atomic E-state index is 13.2. The van der Waals surface area contributed by atoms with E-state index in [-0.39, 0.29) is 35.6 Å². The van der Waals surface area contributed by atoms with E-state index in [2.05, 4.69) is 45.5 Å². The summed E-state index contributed by atoms with van der Waals surface area (Å²) in [5.41, 5.74) is 7.76. The Bertz CT molecular complexity index is 956. The largest absolute Gasteiger partial charge is 0.382 e. The molecule has 2 heterocycles. The molecule has 0 radical (unpaired) electrons. The smallest absolute Gasteiger partial charge is 0.191 e. The molecule has 0 unspecified atom stereocenters. The van der Waals surface area contributed by atoms with Crippen LogP contribution in [0.3, 0.4) is 0 Å². The first-order valence-corrected chi connectivity index (χ1v) is 11.2. The van der Waals surface area contributed by atoms with Crippen molar-refractivity contribution in [3.05, 3.63) is 41.3 Å². The standard InChI is InChI=1S/C23H33FN8.HI/c1-16(2)31-13-10-18(11-14-31)29-23(27-3)28-12-4-5-21-20(15-25)22(26)32(30-21)19-8-6-17(24)7-9-19;/h6-9,16,18H,4-5,10-14,26H2,1-3H3,(H2,27,28,29);1H. The molecule has 0 spiro atoms. The highest BCUT2D eigenvalue weighted by atomic mass is 127. The quantitative estimate of drug-likeness (QED) is 0.205. The van der Waals surface area contributed by atoms with Crippen molar-refractivity contribution in [1.29, 1.82) is 5.26 Å². The Morgan fingerprint density at radius 2 is 1.97 bits per heavy atom. The molecule has 0 amide bonds. The second-order valence-electron chi connectivity index (χ2n) is 8.36. The van der Waals surface area contributed by atoms with Crippen LogP contribution in [0.5, 0.6) is 0 Å². The zero-order valence-electron chi connectivity index (χ0n) is 19.5. The van der Waals surface area contributed by atoms with Gasteiger partial charge in [-0.1, -0.05) is 0 Å². The van der Waals surface area contributed by atoms with E-state index in [4.69, 9.17) is 5.73 Å². The van der Waals surface area contributed by atoms with Crippen LogP contribution in [0.2, 0.25) is 0 Å². The summed E-state index contributed by atoms with van der Waals surface area (Å²) in [4.78, 5) is 6.84. The predicted molar refractivity (Wildman–Crippen MR) is 141 cm³/mol. The molecular formula is C23H34FIN8. The average Bonchev–Trinajstić information content (AvgIpc) is 3.11. The lowest BCUT2D eigenvalue weighted by atomic mass is 10.0. The topological polar surface area (TPSA) is 107 Å². The van der Waals surface area contributed by atoms with Crippen molar-refractivity contribution in [3.63, 3.8) is 0 Å². The fourth-order valence-corrected chi connectivity index (χ4v) is 3.97. The lowest BCUT2D eigenvalue weighted by Crippen LogP contribution is -2.50. The van der Waals surface area contributed by atoms with E-state index in [1.807, 2.05) is 0 Å². The Kier molecular flexibility index (Phi) is 10.4. The summed E-state index contributed by atoms with van der Waals surface area (Å²) in [6.07, 6.45) is 3.56. The number of piperidine rings is 1. The minimum absolute atomic E-state index is 0. The molecule has 1 aliphatic rings.